The second-order valence-corrected chi connectivity index (χ2v) is 8.74. The lowest BCUT2D eigenvalue weighted by Crippen LogP contribution is -2.28. The largest absolute Gasteiger partial charge is 0.348 e. The molecule has 1 aliphatic carbocycles. The van der Waals surface area contributed by atoms with Crippen LogP contribution < -0.4 is 10.9 Å². The van der Waals surface area contributed by atoms with Crippen LogP contribution in [0.2, 0.25) is 0 Å². The van der Waals surface area contributed by atoms with Gasteiger partial charge in [-0.2, -0.15) is 5.10 Å². The fourth-order valence-corrected chi connectivity index (χ4v) is 4.75. The summed E-state index contributed by atoms with van der Waals surface area (Å²) in [7, 11) is 0. The molecule has 5 rings (SSSR count). The Hall–Kier alpha value is -3.81. The predicted molar refractivity (Wildman–Crippen MR) is 126 cm³/mol. The number of carbonyl (C=O) groups excluding carboxylic acids is 1. The van der Waals surface area contributed by atoms with Crippen LogP contribution in [-0.2, 0) is 6.54 Å². The number of fused-ring (bicyclic) bond motifs is 1. The fourth-order valence-electron chi connectivity index (χ4n) is 4.75. The Morgan fingerprint density at radius 2 is 1.85 bits per heavy atom. The molecule has 33 heavy (non-hydrogen) atoms. The number of nitrogens with zero attached hydrogens (tertiary/aromatic N) is 4. The Labute approximate surface area is 191 Å². The van der Waals surface area contributed by atoms with E-state index in [1.807, 2.05) is 26.0 Å². The van der Waals surface area contributed by atoms with Gasteiger partial charge >= 0.3 is 0 Å². The molecule has 8 heteroatoms. The Kier molecular flexibility index (Phi) is 5.50. The van der Waals surface area contributed by atoms with Gasteiger partial charge in [0.1, 0.15) is 6.33 Å². The van der Waals surface area contributed by atoms with Gasteiger partial charge in [-0.05, 0) is 56.0 Å². The van der Waals surface area contributed by atoms with Gasteiger partial charge in [-0.1, -0.05) is 12.8 Å². The van der Waals surface area contributed by atoms with Crippen LogP contribution in [0.5, 0.6) is 0 Å². The van der Waals surface area contributed by atoms with E-state index in [1.165, 1.54) is 19.2 Å². The molecule has 1 aromatic carbocycles. The Morgan fingerprint density at radius 3 is 2.58 bits per heavy atom. The Bertz CT molecular complexity index is 1380. The summed E-state index contributed by atoms with van der Waals surface area (Å²) in [6.45, 7) is 3.87. The highest BCUT2D eigenvalue weighted by Gasteiger charge is 2.23. The minimum Gasteiger partial charge on any atom is -0.348 e. The number of nitrogens with one attached hydrogen (secondary N) is 2. The molecule has 0 aliphatic heterocycles. The number of amides is 1. The van der Waals surface area contributed by atoms with Gasteiger partial charge in [0.15, 0.2) is 0 Å². The quantitative estimate of drug-likeness (QED) is 0.488. The van der Waals surface area contributed by atoms with Gasteiger partial charge in [-0.3, -0.25) is 14.3 Å². The first-order valence-electron chi connectivity index (χ1n) is 11.3. The number of hydrogen-bond donors (Lipinski definition) is 2. The predicted octanol–water partition coefficient (Wildman–Crippen LogP) is 3.84. The molecule has 168 valence electrons. The van der Waals surface area contributed by atoms with Gasteiger partial charge in [0, 0.05) is 41.1 Å². The Balaban J connectivity index is 1.55. The van der Waals surface area contributed by atoms with Gasteiger partial charge in [-0.25, -0.2) is 9.97 Å². The number of aryl methyl sites for hydroxylation is 2. The minimum absolute atomic E-state index is 0.150. The second kappa shape index (κ2) is 8.61. The highest BCUT2D eigenvalue weighted by molar-refractivity contribution is 6.08. The van der Waals surface area contributed by atoms with Gasteiger partial charge in [0.2, 0.25) is 0 Å². The normalized spacial score (nSPS) is 14.1. The lowest BCUT2D eigenvalue weighted by atomic mass is 10.0. The average Bonchev–Trinajstić information content (AvgIpc) is 3.48. The number of pyridine rings is 1. The van der Waals surface area contributed by atoms with Crippen LogP contribution in [0.15, 0.2) is 47.9 Å². The maximum Gasteiger partial charge on any atom is 0.253 e. The molecular weight excluding hydrogens is 416 g/mol. The van der Waals surface area contributed by atoms with Crippen molar-refractivity contribution in [2.75, 3.05) is 0 Å². The third-order valence-corrected chi connectivity index (χ3v) is 6.44. The number of benzene rings is 1. The highest BCUT2D eigenvalue weighted by atomic mass is 16.1. The standard InChI is InChI=1S/C25H26N6O2/c1-15-7-16(2)30-25(33)21(15)12-28-24(32)20-8-17(18-10-26-14-27-11-18)9-23-22(20)13-29-31(23)19-5-3-4-6-19/h7-11,13-14,19H,3-6,12H2,1-2H3,(H,28,32)(H,30,33). The maximum absolute atomic E-state index is 13.3. The van der Waals surface area contributed by atoms with E-state index in [9.17, 15) is 9.59 Å². The van der Waals surface area contributed by atoms with Gasteiger partial charge in [0.25, 0.3) is 11.5 Å². The van der Waals surface area contributed by atoms with Crippen molar-refractivity contribution in [1.29, 1.82) is 0 Å². The number of carbonyl (C=O) groups is 1. The van der Waals surface area contributed by atoms with Crippen molar-refractivity contribution in [3.05, 3.63) is 75.9 Å². The van der Waals surface area contributed by atoms with Crippen LogP contribution in [0.4, 0.5) is 0 Å². The third kappa shape index (κ3) is 4.04. The summed E-state index contributed by atoms with van der Waals surface area (Å²) in [5.74, 6) is -0.246. The second-order valence-electron chi connectivity index (χ2n) is 8.74. The van der Waals surface area contributed by atoms with Crippen molar-refractivity contribution in [3.63, 3.8) is 0 Å². The van der Waals surface area contributed by atoms with Crippen LogP contribution in [0.25, 0.3) is 22.0 Å². The average molecular weight is 443 g/mol. The van der Waals surface area contributed by atoms with E-state index in [2.05, 4.69) is 36.1 Å². The summed E-state index contributed by atoms with van der Waals surface area (Å²) < 4.78 is 2.06. The SMILES string of the molecule is Cc1cc(C)c(CNC(=O)c2cc(-c3cncnc3)cc3c2cnn3C2CCCC2)c(=O)[nH]1. The van der Waals surface area contributed by atoms with Crippen molar-refractivity contribution in [2.45, 2.75) is 52.1 Å². The van der Waals surface area contributed by atoms with Crippen molar-refractivity contribution in [2.24, 2.45) is 0 Å². The molecule has 0 bridgehead atoms. The van der Waals surface area contributed by atoms with E-state index in [-0.39, 0.29) is 18.0 Å². The topological polar surface area (TPSA) is 106 Å². The van der Waals surface area contributed by atoms with E-state index in [0.717, 1.165) is 46.1 Å². The summed E-state index contributed by atoms with van der Waals surface area (Å²) in [5.41, 5.74) is 5.17. The molecule has 0 saturated heterocycles. The molecule has 2 N–H and O–H groups in total. The molecule has 1 amide bonds. The minimum atomic E-state index is -0.246. The lowest BCUT2D eigenvalue weighted by Gasteiger charge is -2.14. The monoisotopic (exact) mass is 442 g/mol. The van der Waals surface area contributed by atoms with Crippen LogP contribution in [0.1, 0.15) is 58.9 Å². The van der Waals surface area contributed by atoms with Crippen molar-refractivity contribution < 1.29 is 4.79 Å². The summed E-state index contributed by atoms with van der Waals surface area (Å²) in [6, 6.07) is 6.16. The molecule has 3 aromatic heterocycles. The van der Waals surface area contributed by atoms with Crippen molar-refractivity contribution >= 4 is 16.8 Å². The molecule has 1 saturated carbocycles. The molecule has 0 unspecified atom stereocenters. The molecular formula is C25H26N6O2. The maximum atomic E-state index is 13.3. The first kappa shape index (κ1) is 21.1. The smallest absolute Gasteiger partial charge is 0.253 e. The van der Waals surface area contributed by atoms with Gasteiger partial charge in [-0.15, -0.1) is 0 Å². The lowest BCUT2D eigenvalue weighted by molar-refractivity contribution is 0.0952. The molecule has 0 atom stereocenters. The summed E-state index contributed by atoms with van der Waals surface area (Å²) in [5, 5.41) is 8.40. The summed E-state index contributed by atoms with van der Waals surface area (Å²) in [6.07, 6.45) is 11.3. The van der Waals surface area contributed by atoms with E-state index in [0.29, 0.717) is 17.2 Å². The van der Waals surface area contributed by atoms with E-state index >= 15 is 0 Å². The molecule has 1 fully saturated rings. The van der Waals surface area contributed by atoms with Gasteiger partial charge < -0.3 is 10.3 Å². The number of H-pyrrole nitrogens is 1. The Morgan fingerprint density at radius 1 is 1.09 bits per heavy atom. The highest BCUT2D eigenvalue weighted by Crippen LogP contribution is 2.34. The van der Waals surface area contributed by atoms with Crippen LogP contribution >= 0.6 is 0 Å². The van der Waals surface area contributed by atoms with Crippen molar-refractivity contribution in [3.8, 4) is 11.1 Å². The van der Waals surface area contributed by atoms with Crippen molar-refractivity contribution in [1.82, 2.24) is 30.0 Å². The van der Waals surface area contributed by atoms with Crippen LogP contribution in [0, 0.1) is 13.8 Å². The third-order valence-electron chi connectivity index (χ3n) is 6.44. The zero-order valence-electron chi connectivity index (χ0n) is 18.8. The number of hydrogen-bond acceptors (Lipinski definition) is 5. The van der Waals surface area contributed by atoms with Gasteiger partial charge in [0.05, 0.1) is 23.3 Å². The fraction of sp³-hybridized carbons (Fsp3) is 0.320. The number of rotatable bonds is 5. The molecule has 4 aromatic rings. The molecule has 0 radical (unpaired) electrons. The summed E-state index contributed by atoms with van der Waals surface area (Å²) in [4.78, 5) is 36.8. The first-order valence-corrected chi connectivity index (χ1v) is 11.3. The number of aromatic amines is 1. The molecule has 0 spiro atoms. The van der Waals surface area contributed by atoms with E-state index < -0.39 is 0 Å². The summed E-state index contributed by atoms with van der Waals surface area (Å²) >= 11 is 0. The molecule has 1 aliphatic rings. The first-order chi connectivity index (χ1) is 16.0. The zero-order chi connectivity index (χ0) is 22.9. The van der Waals surface area contributed by atoms with Crippen LogP contribution in [-0.4, -0.2) is 30.6 Å². The van der Waals surface area contributed by atoms with E-state index in [1.54, 1.807) is 18.6 Å². The van der Waals surface area contributed by atoms with Crippen LogP contribution in [0.3, 0.4) is 0 Å². The number of aromatic nitrogens is 5. The van der Waals surface area contributed by atoms with E-state index in [4.69, 9.17) is 0 Å². The molecule has 3 heterocycles. The zero-order valence-corrected chi connectivity index (χ0v) is 18.8. The molecule has 8 nitrogen and oxygen atoms in total.